The van der Waals surface area contributed by atoms with Crippen LogP contribution in [0, 0.1) is 0 Å². The van der Waals surface area contributed by atoms with E-state index in [0.717, 1.165) is 17.9 Å². The minimum Gasteiger partial charge on any atom is -0.294 e. The summed E-state index contributed by atoms with van der Waals surface area (Å²) in [6.45, 7) is 2.33. The van der Waals surface area contributed by atoms with Crippen LogP contribution in [0.15, 0.2) is 11.7 Å². The van der Waals surface area contributed by atoms with Gasteiger partial charge in [0.2, 0.25) is 0 Å². The van der Waals surface area contributed by atoms with E-state index in [1.165, 1.54) is 30.7 Å². The fourth-order valence-electron chi connectivity index (χ4n) is 1.96. The maximum atomic E-state index is 4.12. The highest BCUT2D eigenvalue weighted by atomic mass is 79.9. The van der Waals surface area contributed by atoms with Crippen molar-refractivity contribution in [3.05, 3.63) is 16.6 Å². The van der Waals surface area contributed by atoms with E-state index >= 15 is 0 Å². The molecule has 1 aliphatic rings. The standard InChI is InChI=1S/C10H15BrN2S/c11-5-9-3-1-2-4-13(9)7-10-6-12-8-14-10/h6,8-9H,1-5,7H2. The molecule has 0 amide bonds. The Morgan fingerprint density at radius 1 is 1.57 bits per heavy atom. The van der Waals surface area contributed by atoms with Gasteiger partial charge in [0.1, 0.15) is 0 Å². The summed E-state index contributed by atoms with van der Waals surface area (Å²) < 4.78 is 0. The molecular formula is C10H15BrN2S. The molecule has 1 aromatic heterocycles. The van der Waals surface area contributed by atoms with E-state index in [9.17, 15) is 0 Å². The highest BCUT2D eigenvalue weighted by Gasteiger charge is 2.21. The molecule has 1 fully saturated rings. The Hall–Kier alpha value is 0.0700. The average molecular weight is 275 g/mol. The lowest BCUT2D eigenvalue weighted by Gasteiger charge is -2.34. The molecule has 14 heavy (non-hydrogen) atoms. The third-order valence-electron chi connectivity index (χ3n) is 2.77. The van der Waals surface area contributed by atoms with Crippen LogP contribution in [0.2, 0.25) is 0 Å². The van der Waals surface area contributed by atoms with Gasteiger partial charge < -0.3 is 0 Å². The monoisotopic (exact) mass is 274 g/mol. The molecule has 2 nitrogen and oxygen atoms in total. The lowest BCUT2D eigenvalue weighted by atomic mass is 10.0. The van der Waals surface area contributed by atoms with Crippen LogP contribution >= 0.6 is 27.3 Å². The van der Waals surface area contributed by atoms with Crippen molar-refractivity contribution in [3.8, 4) is 0 Å². The Labute approximate surface area is 97.5 Å². The minimum atomic E-state index is 0.728. The van der Waals surface area contributed by atoms with Crippen molar-refractivity contribution in [1.82, 2.24) is 9.88 Å². The van der Waals surface area contributed by atoms with Crippen LogP contribution in [-0.4, -0.2) is 27.8 Å². The van der Waals surface area contributed by atoms with Crippen molar-refractivity contribution >= 4 is 27.3 Å². The molecule has 78 valence electrons. The molecule has 0 radical (unpaired) electrons. The Bertz CT molecular complexity index is 263. The number of rotatable bonds is 3. The van der Waals surface area contributed by atoms with Gasteiger partial charge in [0, 0.05) is 29.0 Å². The average Bonchev–Trinajstić information content (AvgIpc) is 2.71. The van der Waals surface area contributed by atoms with Crippen molar-refractivity contribution in [2.45, 2.75) is 31.8 Å². The van der Waals surface area contributed by atoms with Crippen molar-refractivity contribution in [2.24, 2.45) is 0 Å². The van der Waals surface area contributed by atoms with Crippen LogP contribution in [0.4, 0.5) is 0 Å². The van der Waals surface area contributed by atoms with Gasteiger partial charge in [0.25, 0.3) is 0 Å². The van der Waals surface area contributed by atoms with Crippen LogP contribution < -0.4 is 0 Å². The zero-order valence-corrected chi connectivity index (χ0v) is 10.6. The van der Waals surface area contributed by atoms with Crippen LogP contribution in [-0.2, 0) is 6.54 Å². The summed E-state index contributed by atoms with van der Waals surface area (Å²) in [4.78, 5) is 8.08. The second-order valence-corrected chi connectivity index (χ2v) is 5.36. The third-order valence-corrected chi connectivity index (χ3v) is 4.28. The number of alkyl halides is 1. The summed E-state index contributed by atoms with van der Waals surface area (Å²) in [6, 6.07) is 0.728. The van der Waals surface area contributed by atoms with Crippen LogP contribution in [0.5, 0.6) is 0 Å². The predicted molar refractivity (Wildman–Crippen MR) is 64.0 cm³/mol. The normalized spacial score (nSPS) is 23.9. The zero-order chi connectivity index (χ0) is 9.80. The summed E-state index contributed by atoms with van der Waals surface area (Å²) in [5, 5.41) is 1.10. The molecule has 0 bridgehead atoms. The van der Waals surface area contributed by atoms with E-state index in [0.29, 0.717) is 0 Å². The molecule has 0 spiro atoms. The van der Waals surface area contributed by atoms with E-state index in [1.807, 2.05) is 11.7 Å². The van der Waals surface area contributed by atoms with Crippen molar-refractivity contribution in [1.29, 1.82) is 0 Å². The van der Waals surface area contributed by atoms with Gasteiger partial charge in [0.15, 0.2) is 0 Å². The molecule has 0 aromatic carbocycles. The predicted octanol–water partition coefficient (Wildman–Crippen LogP) is 2.89. The first kappa shape index (κ1) is 10.6. The Kier molecular flexibility index (Phi) is 3.96. The second kappa shape index (κ2) is 5.24. The molecule has 2 heterocycles. The maximum Gasteiger partial charge on any atom is 0.0794 e. The van der Waals surface area contributed by atoms with E-state index in [1.54, 1.807) is 11.3 Å². The molecule has 1 saturated heterocycles. The van der Waals surface area contributed by atoms with Crippen LogP contribution in [0.3, 0.4) is 0 Å². The lowest BCUT2D eigenvalue weighted by Crippen LogP contribution is -2.39. The zero-order valence-electron chi connectivity index (χ0n) is 8.16. The topological polar surface area (TPSA) is 16.1 Å². The van der Waals surface area contributed by atoms with Gasteiger partial charge in [-0.25, -0.2) is 0 Å². The van der Waals surface area contributed by atoms with Gasteiger partial charge in [-0.3, -0.25) is 9.88 Å². The third kappa shape index (κ3) is 2.55. The molecule has 2 rings (SSSR count). The summed E-state index contributed by atoms with van der Waals surface area (Å²) >= 11 is 5.36. The van der Waals surface area contributed by atoms with Crippen molar-refractivity contribution in [2.75, 3.05) is 11.9 Å². The summed E-state index contributed by atoms with van der Waals surface area (Å²) in [5.74, 6) is 0. The number of halogens is 1. The summed E-state index contributed by atoms with van der Waals surface area (Å²) in [7, 11) is 0. The van der Waals surface area contributed by atoms with E-state index in [4.69, 9.17) is 0 Å². The number of nitrogens with zero attached hydrogens (tertiary/aromatic N) is 2. The van der Waals surface area contributed by atoms with Gasteiger partial charge in [-0.1, -0.05) is 22.4 Å². The smallest absolute Gasteiger partial charge is 0.0794 e. The fraction of sp³-hybridized carbons (Fsp3) is 0.700. The molecule has 0 saturated carbocycles. The molecule has 0 N–H and O–H groups in total. The number of thiazole rings is 1. The number of aromatic nitrogens is 1. The molecule has 1 aliphatic heterocycles. The lowest BCUT2D eigenvalue weighted by molar-refractivity contribution is 0.158. The highest BCUT2D eigenvalue weighted by Crippen LogP contribution is 2.21. The first-order valence-corrected chi connectivity index (χ1v) is 7.07. The van der Waals surface area contributed by atoms with Gasteiger partial charge >= 0.3 is 0 Å². The first-order valence-electron chi connectivity index (χ1n) is 5.07. The number of hydrogen-bond acceptors (Lipinski definition) is 3. The molecule has 1 aromatic rings. The van der Waals surface area contributed by atoms with Gasteiger partial charge in [-0.05, 0) is 19.4 Å². The minimum absolute atomic E-state index is 0.728. The van der Waals surface area contributed by atoms with Crippen LogP contribution in [0.25, 0.3) is 0 Å². The first-order chi connectivity index (χ1) is 6.90. The van der Waals surface area contributed by atoms with Crippen molar-refractivity contribution in [3.63, 3.8) is 0 Å². The fourth-order valence-corrected chi connectivity index (χ4v) is 3.32. The second-order valence-electron chi connectivity index (χ2n) is 3.74. The van der Waals surface area contributed by atoms with Crippen molar-refractivity contribution < 1.29 is 0 Å². The molecule has 4 heteroatoms. The Morgan fingerprint density at radius 2 is 2.50 bits per heavy atom. The number of piperidine rings is 1. The molecule has 1 atom stereocenters. The van der Waals surface area contributed by atoms with E-state index < -0.39 is 0 Å². The molecule has 1 unspecified atom stereocenters. The number of hydrogen-bond donors (Lipinski definition) is 0. The SMILES string of the molecule is BrCC1CCCCN1Cc1cncs1. The molecule has 0 aliphatic carbocycles. The Balaban J connectivity index is 1.94. The Morgan fingerprint density at radius 3 is 3.21 bits per heavy atom. The summed E-state index contributed by atoms with van der Waals surface area (Å²) in [6.07, 6.45) is 6.06. The quantitative estimate of drug-likeness (QED) is 0.788. The van der Waals surface area contributed by atoms with Gasteiger partial charge in [-0.2, -0.15) is 0 Å². The van der Waals surface area contributed by atoms with Gasteiger partial charge in [0.05, 0.1) is 5.51 Å². The maximum absolute atomic E-state index is 4.12. The van der Waals surface area contributed by atoms with E-state index in [2.05, 4.69) is 25.8 Å². The number of likely N-dealkylation sites (tertiary alicyclic amines) is 1. The van der Waals surface area contributed by atoms with Crippen LogP contribution in [0.1, 0.15) is 24.1 Å². The van der Waals surface area contributed by atoms with E-state index in [-0.39, 0.29) is 0 Å². The van der Waals surface area contributed by atoms with Gasteiger partial charge in [-0.15, -0.1) is 11.3 Å². The summed E-state index contributed by atoms with van der Waals surface area (Å²) in [5.41, 5.74) is 1.92. The largest absolute Gasteiger partial charge is 0.294 e. The molecular weight excluding hydrogens is 260 g/mol. The highest BCUT2D eigenvalue weighted by molar-refractivity contribution is 9.09.